The summed E-state index contributed by atoms with van der Waals surface area (Å²) in [5, 5.41) is 4.22. The highest BCUT2D eigenvalue weighted by Gasteiger charge is 2.44. The summed E-state index contributed by atoms with van der Waals surface area (Å²) in [6.45, 7) is 3.27. The maximum atomic E-state index is 12.3. The smallest absolute Gasteiger partial charge is 0.229 e. The third-order valence-corrected chi connectivity index (χ3v) is 4.85. The zero-order chi connectivity index (χ0) is 14.9. The quantitative estimate of drug-likeness (QED) is 0.799. The minimum Gasteiger partial charge on any atom is -0.283 e. The molecule has 0 atom stereocenters. The van der Waals surface area contributed by atoms with Crippen LogP contribution in [0.3, 0.4) is 0 Å². The van der Waals surface area contributed by atoms with E-state index in [9.17, 15) is 9.59 Å². The standard InChI is InChI=1S/C16H23N3O2/c1-13-11-17-18(12-13)7-4-8-19-14(20)9-16(10-15(19)21)5-2-3-6-16/h11-12H,2-10H2,1H3. The van der Waals surface area contributed by atoms with Gasteiger partial charge in [0.25, 0.3) is 0 Å². The Labute approximate surface area is 125 Å². The van der Waals surface area contributed by atoms with Gasteiger partial charge in [0.2, 0.25) is 11.8 Å². The number of piperidine rings is 1. The molecule has 3 rings (SSSR count). The number of likely N-dealkylation sites (tertiary alicyclic amines) is 1. The summed E-state index contributed by atoms with van der Waals surface area (Å²) in [6.07, 6.45) is 10.1. The summed E-state index contributed by atoms with van der Waals surface area (Å²) < 4.78 is 1.87. The predicted molar refractivity (Wildman–Crippen MR) is 78.4 cm³/mol. The number of hydrogen-bond donors (Lipinski definition) is 0. The number of amides is 2. The zero-order valence-electron chi connectivity index (χ0n) is 12.7. The maximum Gasteiger partial charge on any atom is 0.229 e. The van der Waals surface area contributed by atoms with Gasteiger partial charge >= 0.3 is 0 Å². The molecule has 0 unspecified atom stereocenters. The van der Waals surface area contributed by atoms with E-state index in [4.69, 9.17) is 0 Å². The molecule has 0 bridgehead atoms. The number of rotatable bonds is 4. The molecule has 1 aliphatic carbocycles. The van der Waals surface area contributed by atoms with Crippen LogP contribution in [0.15, 0.2) is 12.4 Å². The molecule has 2 heterocycles. The first-order valence-electron chi connectivity index (χ1n) is 7.90. The number of hydrogen-bond acceptors (Lipinski definition) is 3. The molecular formula is C16H23N3O2. The lowest BCUT2D eigenvalue weighted by Gasteiger charge is -2.37. The molecule has 2 aliphatic rings. The summed E-state index contributed by atoms with van der Waals surface area (Å²) in [7, 11) is 0. The Kier molecular flexibility index (Phi) is 3.83. The Balaban J connectivity index is 1.54. The lowest BCUT2D eigenvalue weighted by atomic mass is 9.76. The van der Waals surface area contributed by atoms with Crippen LogP contribution < -0.4 is 0 Å². The highest BCUT2D eigenvalue weighted by atomic mass is 16.2. The maximum absolute atomic E-state index is 12.3. The summed E-state index contributed by atoms with van der Waals surface area (Å²) >= 11 is 0. The number of aryl methyl sites for hydroxylation is 2. The fourth-order valence-electron chi connectivity index (χ4n) is 3.74. The average Bonchev–Trinajstić information content (AvgIpc) is 3.03. The molecule has 5 nitrogen and oxygen atoms in total. The summed E-state index contributed by atoms with van der Waals surface area (Å²) in [5.41, 5.74) is 1.13. The van der Waals surface area contributed by atoms with Crippen LogP contribution in [0.2, 0.25) is 0 Å². The number of carbonyl (C=O) groups excluding carboxylic acids is 2. The Morgan fingerprint density at radius 2 is 1.81 bits per heavy atom. The van der Waals surface area contributed by atoms with Crippen LogP contribution in [0.1, 0.15) is 50.5 Å². The van der Waals surface area contributed by atoms with Crippen LogP contribution in [0.5, 0.6) is 0 Å². The Hall–Kier alpha value is -1.65. The first-order chi connectivity index (χ1) is 10.1. The van der Waals surface area contributed by atoms with E-state index in [2.05, 4.69) is 5.10 Å². The van der Waals surface area contributed by atoms with Crippen molar-refractivity contribution in [1.29, 1.82) is 0 Å². The monoisotopic (exact) mass is 289 g/mol. The number of nitrogens with zero attached hydrogens (tertiary/aromatic N) is 3. The molecule has 114 valence electrons. The number of aromatic nitrogens is 2. The molecule has 2 fully saturated rings. The number of imide groups is 1. The van der Waals surface area contributed by atoms with Crippen molar-refractivity contribution in [2.45, 2.75) is 58.4 Å². The molecule has 21 heavy (non-hydrogen) atoms. The van der Waals surface area contributed by atoms with Gasteiger partial charge in [-0.05, 0) is 37.2 Å². The van der Waals surface area contributed by atoms with E-state index in [1.54, 1.807) is 0 Å². The van der Waals surface area contributed by atoms with Crippen molar-refractivity contribution in [2.24, 2.45) is 5.41 Å². The molecule has 1 saturated heterocycles. The average molecular weight is 289 g/mol. The van der Waals surface area contributed by atoms with Crippen molar-refractivity contribution in [2.75, 3.05) is 6.54 Å². The van der Waals surface area contributed by atoms with Crippen LogP contribution in [0, 0.1) is 12.3 Å². The second-order valence-corrected chi connectivity index (χ2v) is 6.63. The second kappa shape index (κ2) is 5.62. The molecule has 0 aromatic carbocycles. The molecule has 5 heteroatoms. The SMILES string of the molecule is Cc1cnn(CCCN2C(=O)CC3(CCCC3)CC2=O)c1. The van der Waals surface area contributed by atoms with Crippen molar-refractivity contribution in [1.82, 2.24) is 14.7 Å². The van der Waals surface area contributed by atoms with Gasteiger partial charge in [-0.3, -0.25) is 19.2 Å². The van der Waals surface area contributed by atoms with Crippen LogP contribution in [-0.2, 0) is 16.1 Å². The van der Waals surface area contributed by atoms with E-state index in [1.165, 1.54) is 17.7 Å². The lowest BCUT2D eigenvalue weighted by Crippen LogP contribution is -2.47. The van der Waals surface area contributed by atoms with Crippen LogP contribution in [0.25, 0.3) is 0 Å². The van der Waals surface area contributed by atoms with Gasteiger partial charge in [0.1, 0.15) is 0 Å². The Bertz CT molecular complexity index is 523. The topological polar surface area (TPSA) is 55.2 Å². The summed E-state index contributed by atoms with van der Waals surface area (Å²) in [5.74, 6) is 0.0644. The second-order valence-electron chi connectivity index (χ2n) is 6.63. The van der Waals surface area contributed by atoms with Crippen LogP contribution >= 0.6 is 0 Å². The van der Waals surface area contributed by atoms with E-state index >= 15 is 0 Å². The van der Waals surface area contributed by atoms with Crippen molar-refractivity contribution in [3.63, 3.8) is 0 Å². The molecule has 1 saturated carbocycles. The molecule has 2 amide bonds. The normalized spacial score (nSPS) is 21.5. The molecule has 1 aromatic rings. The molecule has 0 N–H and O–H groups in total. The fourth-order valence-corrected chi connectivity index (χ4v) is 3.74. The zero-order valence-corrected chi connectivity index (χ0v) is 12.7. The third-order valence-electron chi connectivity index (χ3n) is 4.85. The molecule has 1 aromatic heterocycles. The third kappa shape index (κ3) is 3.01. The van der Waals surface area contributed by atoms with Gasteiger partial charge in [0.15, 0.2) is 0 Å². The van der Waals surface area contributed by atoms with Crippen molar-refractivity contribution >= 4 is 11.8 Å². The highest BCUT2D eigenvalue weighted by molar-refractivity contribution is 5.98. The largest absolute Gasteiger partial charge is 0.283 e. The summed E-state index contributed by atoms with van der Waals surface area (Å²) in [4.78, 5) is 26.1. The molecule has 0 radical (unpaired) electrons. The number of carbonyl (C=O) groups is 2. The highest BCUT2D eigenvalue weighted by Crippen LogP contribution is 2.46. The minimum atomic E-state index is 0.00373. The Morgan fingerprint density at radius 3 is 2.38 bits per heavy atom. The van der Waals surface area contributed by atoms with E-state index < -0.39 is 0 Å². The van der Waals surface area contributed by atoms with E-state index in [-0.39, 0.29) is 17.2 Å². The minimum absolute atomic E-state index is 0.00373. The summed E-state index contributed by atoms with van der Waals surface area (Å²) in [6, 6.07) is 0. The van der Waals surface area contributed by atoms with Gasteiger partial charge in [-0.15, -0.1) is 0 Å². The lowest BCUT2D eigenvalue weighted by molar-refractivity contribution is -0.153. The van der Waals surface area contributed by atoms with Crippen LogP contribution in [-0.4, -0.2) is 33.0 Å². The van der Waals surface area contributed by atoms with Gasteiger partial charge in [-0.2, -0.15) is 5.10 Å². The van der Waals surface area contributed by atoms with Crippen molar-refractivity contribution < 1.29 is 9.59 Å². The van der Waals surface area contributed by atoms with Gasteiger partial charge in [-0.1, -0.05) is 12.8 Å². The van der Waals surface area contributed by atoms with E-state index in [0.717, 1.165) is 31.4 Å². The molecule has 1 aliphatic heterocycles. The van der Waals surface area contributed by atoms with Crippen LogP contribution in [0.4, 0.5) is 0 Å². The molecular weight excluding hydrogens is 266 g/mol. The van der Waals surface area contributed by atoms with Gasteiger partial charge in [0, 0.05) is 32.1 Å². The first-order valence-corrected chi connectivity index (χ1v) is 7.90. The van der Waals surface area contributed by atoms with E-state index in [0.29, 0.717) is 19.4 Å². The first kappa shape index (κ1) is 14.3. The predicted octanol–water partition coefficient (Wildman–Crippen LogP) is 2.29. The van der Waals surface area contributed by atoms with Gasteiger partial charge < -0.3 is 0 Å². The van der Waals surface area contributed by atoms with E-state index in [1.807, 2.05) is 24.0 Å². The van der Waals surface area contributed by atoms with Gasteiger partial charge in [0.05, 0.1) is 6.20 Å². The van der Waals surface area contributed by atoms with Crippen molar-refractivity contribution in [3.05, 3.63) is 18.0 Å². The van der Waals surface area contributed by atoms with Crippen molar-refractivity contribution in [3.8, 4) is 0 Å². The Morgan fingerprint density at radius 1 is 1.14 bits per heavy atom. The molecule has 1 spiro atoms. The fraction of sp³-hybridized carbons (Fsp3) is 0.688. The van der Waals surface area contributed by atoms with Gasteiger partial charge in [-0.25, -0.2) is 0 Å².